The first-order chi connectivity index (χ1) is 6.76. The van der Waals surface area contributed by atoms with Gasteiger partial charge in [0, 0.05) is 6.42 Å². The number of hydrogen-bond donors (Lipinski definition) is 0. The quantitative estimate of drug-likeness (QED) is 0.321. The van der Waals surface area contributed by atoms with Gasteiger partial charge in [0.15, 0.2) is 0 Å². The molecule has 0 aliphatic heterocycles. The van der Waals surface area contributed by atoms with Crippen molar-refractivity contribution >= 4 is 21.0 Å². The summed E-state index contributed by atoms with van der Waals surface area (Å²) >= 11 is 0. The highest BCUT2D eigenvalue weighted by Gasteiger charge is 2.32. The Balaban J connectivity index is 3.89. The highest BCUT2D eigenvalue weighted by Crippen LogP contribution is 2.30. The second-order valence-corrected chi connectivity index (χ2v) is 3.97. The molecule has 0 rings (SSSR count). The zero-order valence-corrected chi connectivity index (χ0v) is 8.64. The maximum Gasteiger partial charge on any atom is 0.514 e. The molecular weight excluding hydrogens is 211 g/mol. The van der Waals surface area contributed by atoms with Gasteiger partial charge in [-0.2, -0.15) is 0 Å². The van der Waals surface area contributed by atoms with Gasteiger partial charge < -0.3 is 9.47 Å². The molecule has 0 aromatic heterocycles. The Bertz CT molecular complexity index is 195. The molecule has 0 radical (unpaired) electrons. The molecule has 2 unspecified atom stereocenters. The topological polar surface area (TPSA) is 78.9 Å². The van der Waals surface area contributed by atoms with Crippen LogP contribution < -0.4 is 0 Å². The third-order valence-electron chi connectivity index (χ3n) is 1.47. The summed E-state index contributed by atoms with van der Waals surface area (Å²) in [4.78, 5) is 19.7. The van der Waals surface area contributed by atoms with Crippen molar-refractivity contribution in [1.82, 2.24) is 0 Å². The van der Waals surface area contributed by atoms with E-state index in [1.807, 2.05) is 0 Å². The highest BCUT2D eigenvalue weighted by atomic mass is 31.1. The molecular formula is C7H12O6P+. The van der Waals surface area contributed by atoms with Crippen molar-refractivity contribution in [2.75, 3.05) is 20.3 Å². The van der Waals surface area contributed by atoms with E-state index in [0.717, 1.165) is 0 Å². The molecule has 80 valence electrons. The van der Waals surface area contributed by atoms with Crippen molar-refractivity contribution < 1.29 is 28.2 Å². The highest BCUT2D eigenvalue weighted by molar-refractivity contribution is 7.40. The lowest BCUT2D eigenvalue weighted by atomic mass is 10.3. The summed E-state index contributed by atoms with van der Waals surface area (Å²) in [5.74, 6) is 0. The molecule has 6 nitrogen and oxygen atoms in total. The molecule has 0 spiro atoms. The molecule has 0 aliphatic carbocycles. The van der Waals surface area contributed by atoms with Gasteiger partial charge in [-0.3, -0.25) is 9.59 Å². The van der Waals surface area contributed by atoms with Crippen LogP contribution in [-0.4, -0.2) is 38.9 Å². The summed E-state index contributed by atoms with van der Waals surface area (Å²) in [6.45, 7) is 0.694. The minimum Gasteiger partial charge on any atom is -0.468 e. The summed E-state index contributed by atoms with van der Waals surface area (Å²) in [7, 11) is -0.601. The van der Waals surface area contributed by atoms with Crippen LogP contribution in [0.2, 0.25) is 0 Å². The lowest BCUT2D eigenvalue weighted by Crippen LogP contribution is -2.14. The maximum absolute atomic E-state index is 11.2. The van der Waals surface area contributed by atoms with Crippen molar-refractivity contribution in [3.63, 3.8) is 0 Å². The van der Waals surface area contributed by atoms with Crippen LogP contribution in [-0.2, 0) is 28.2 Å². The van der Waals surface area contributed by atoms with Gasteiger partial charge in [0.05, 0.1) is 13.7 Å². The fourth-order valence-electron chi connectivity index (χ4n) is 0.801. The first-order valence-electron chi connectivity index (χ1n) is 3.87. The molecule has 0 saturated carbocycles. The van der Waals surface area contributed by atoms with Gasteiger partial charge in [-0.15, -0.1) is 4.52 Å². The largest absolute Gasteiger partial charge is 0.514 e. The van der Waals surface area contributed by atoms with Crippen LogP contribution in [0.25, 0.3) is 0 Å². The van der Waals surface area contributed by atoms with Crippen LogP contribution in [0, 0.1) is 0 Å². The number of ether oxygens (including phenoxy) is 2. The van der Waals surface area contributed by atoms with Crippen molar-refractivity contribution in [2.45, 2.75) is 12.1 Å². The summed E-state index contributed by atoms with van der Waals surface area (Å²) < 4.78 is 24.7. The minimum absolute atomic E-state index is 0.00520. The Labute approximate surface area is 82.4 Å². The Kier molecular flexibility index (Phi) is 7.98. The van der Waals surface area contributed by atoms with E-state index in [4.69, 9.17) is 0 Å². The second kappa shape index (κ2) is 8.59. The van der Waals surface area contributed by atoms with Crippen molar-refractivity contribution in [2.24, 2.45) is 0 Å². The molecule has 0 N–H and O–H groups in total. The SMILES string of the molecule is CO[P+](=O)C(CCOC=O)COC=O. The predicted octanol–water partition coefficient (Wildman–Crippen LogP) is 0.480. The Morgan fingerprint density at radius 3 is 2.43 bits per heavy atom. The van der Waals surface area contributed by atoms with E-state index in [0.29, 0.717) is 12.9 Å². The Hall–Kier alpha value is -1.00. The van der Waals surface area contributed by atoms with Crippen LogP contribution >= 0.6 is 8.03 Å². The Morgan fingerprint density at radius 1 is 1.29 bits per heavy atom. The fraction of sp³-hybridized carbons (Fsp3) is 0.714. The molecule has 0 fully saturated rings. The van der Waals surface area contributed by atoms with E-state index in [1.54, 1.807) is 0 Å². The van der Waals surface area contributed by atoms with Gasteiger partial charge in [0.2, 0.25) is 5.66 Å². The normalized spacial score (nSPS) is 12.8. The first kappa shape index (κ1) is 13.0. The second-order valence-electron chi connectivity index (χ2n) is 2.31. The number of hydrogen-bond acceptors (Lipinski definition) is 6. The molecule has 7 heteroatoms. The van der Waals surface area contributed by atoms with Crippen molar-refractivity contribution in [3.05, 3.63) is 0 Å². The van der Waals surface area contributed by atoms with Gasteiger partial charge >= 0.3 is 8.03 Å². The van der Waals surface area contributed by atoms with Gasteiger partial charge in [-0.25, -0.2) is 0 Å². The third-order valence-corrected chi connectivity index (χ3v) is 2.84. The summed E-state index contributed by atoms with van der Waals surface area (Å²) in [6, 6.07) is 0. The molecule has 2 atom stereocenters. The van der Waals surface area contributed by atoms with Gasteiger partial charge in [-0.1, -0.05) is 0 Å². The maximum atomic E-state index is 11.2. The average molecular weight is 223 g/mol. The third kappa shape index (κ3) is 5.61. The lowest BCUT2D eigenvalue weighted by molar-refractivity contribution is -0.130. The Morgan fingerprint density at radius 2 is 1.93 bits per heavy atom. The molecule has 0 heterocycles. The van der Waals surface area contributed by atoms with E-state index in [1.165, 1.54) is 7.11 Å². The summed E-state index contributed by atoms with van der Waals surface area (Å²) in [6.07, 6.45) is 0.329. The van der Waals surface area contributed by atoms with Crippen LogP contribution in [0.1, 0.15) is 6.42 Å². The van der Waals surface area contributed by atoms with E-state index in [2.05, 4.69) is 14.0 Å². The van der Waals surface area contributed by atoms with E-state index in [-0.39, 0.29) is 19.7 Å². The molecule has 0 aliphatic rings. The summed E-state index contributed by atoms with van der Waals surface area (Å²) in [5.41, 5.74) is -0.444. The molecule has 0 bridgehead atoms. The number of carbonyl (C=O) groups is 2. The molecule has 14 heavy (non-hydrogen) atoms. The van der Waals surface area contributed by atoms with Crippen LogP contribution in [0.4, 0.5) is 0 Å². The smallest absolute Gasteiger partial charge is 0.468 e. The van der Waals surface area contributed by atoms with E-state index in [9.17, 15) is 14.2 Å². The van der Waals surface area contributed by atoms with Gasteiger partial charge in [0.1, 0.15) is 6.61 Å². The van der Waals surface area contributed by atoms with Gasteiger partial charge in [-0.05, 0) is 4.57 Å². The minimum atomic E-state index is -1.90. The molecule has 0 aromatic rings. The standard InChI is InChI=1S/C7H12O6P/c1-11-14(10)7(4-13-6-9)2-3-12-5-8/h5-7H,2-4H2,1H3/q+1. The predicted molar refractivity (Wildman–Crippen MR) is 47.1 cm³/mol. The van der Waals surface area contributed by atoms with Crippen LogP contribution in [0.3, 0.4) is 0 Å². The fourth-order valence-corrected chi connectivity index (χ4v) is 1.62. The summed E-state index contributed by atoms with van der Waals surface area (Å²) in [5, 5.41) is 0. The van der Waals surface area contributed by atoms with E-state index < -0.39 is 13.7 Å². The number of rotatable bonds is 9. The van der Waals surface area contributed by atoms with Crippen molar-refractivity contribution in [1.29, 1.82) is 0 Å². The zero-order chi connectivity index (χ0) is 10.8. The molecule has 0 amide bonds. The molecule has 0 aromatic carbocycles. The van der Waals surface area contributed by atoms with Gasteiger partial charge in [0.25, 0.3) is 12.9 Å². The monoisotopic (exact) mass is 223 g/mol. The average Bonchev–Trinajstić information content (AvgIpc) is 2.22. The van der Waals surface area contributed by atoms with Crippen LogP contribution in [0.15, 0.2) is 0 Å². The lowest BCUT2D eigenvalue weighted by Gasteiger charge is -2.03. The van der Waals surface area contributed by atoms with E-state index >= 15 is 0 Å². The first-order valence-corrected chi connectivity index (χ1v) is 5.11. The van der Waals surface area contributed by atoms with Crippen molar-refractivity contribution in [3.8, 4) is 0 Å². The number of carbonyl (C=O) groups excluding carboxylic acids is 2. The van der Waals surface area contributed by atoms with Crippen LogP contribution in [0.5, 0.6) is 0 Å². The molecule has 0 saturated heterocycles. The zero-order valence-electron chi connectivity index (χ0n) is 7.75.